The molecule has 0 aliphatic carbocycles. The van der Waals surface area contributed by atoms with E-state index in [1.165, 1.54) is 0 Å². The van der Waals surface area contributed by atoms with Crippen LogP contribution in [0.3, 0.4) is 0 Å². The summed E-state index contributed by atoms with van der Waals surface area (Å²) in [6, 6.07) is 14.3. The van der Waals surface area contributed by atoms with Gasteiger partial charge in [0.2, 0.25) is 0 Å². The van der Waals surface area contributed by atoms with E-state index in [2.05, 4.69) is 24.3 Å². The highest BCUT2D eigenvalue weighted by molar-refractivity contribution is 6.15. The monoisotopic (exact) mass is 334 g/mol. The van der Waals surface area contributed by atoms with Crippen molar-refractivity contribution in [2.75, 3.05) is 0 Å². The molecule has 2 saturated heterocycles. The molecule has 0 aromatic heterocycles. The zero-order valence-corrected chi connectivity index (χ0v) is 14.8. The molecule has 3 unspecified atom stereocenters. The number of Topliss-reactive ketones (excluding diaryl/α,β-unsaturated/α-hetero) is 2. The average molecular weight is 334 g/mol. The van der Waals surface area contributed by atoms with Crippen LogP contribution < -0.4 is 0 Å². The van der Waals surface area contributed by atoms with Crippen molar-refractivity contribution in [1.82, 2.24) is 0 Å². The van der Waals surface area contributed by atoms with Gasteiger partial charge in [0.15, 0.2) is 11.6 Å². The van der Waals surface area contributed by atoms with Crippen LogP contribution in [0.1, 0.15) is 42.4 Å². The van der Waals surface area contributed by atoms with Crippen molar-refractivity contribution in [3.8, 4) is 11.1 Å². The Kier molecular flexibility index (Phi) is 3.66. The predicted octanol–water partition coefficient (Wildman–Crippen LogP) is 4.14. The van der Waals surface area contributed by atoms with Gasteiger partial charge < -0.3 is 4.74 Å². The molecule has 2 bridgehead atoms. The highest BCUT2D eigenvalue weighted by Gasteiger charge is 2.56. The van der Waals surface area contributed by atoms with E-state index in [0.29, 0.717) is 12.8 Å². The minimum absolute atomic E-state index is 0.0707. The Morgan fingerprint density at radius 1 is 1.00 bits per heavy atom. The van der Waals surface area contributed by atoms with E-state index >= 15 is 0 Å². The Morgan fingerprint density at radius 2 is 1.64 bits per heavy atom. The molecular formula is C22H22O3. The summed E-state index contributed by atoms with van der Waals surface area (Å²) in [5.74, 6) is -0.834. The third-order valence-corrected chi connectivity index (χ3v) is 5.66. The van der Waals surface area contributed by atoms with Crippen LogP contribution in [0.25, 0.3) is 11.1 Å². The van der Waals surface area contributed by atoms with Gasteiger partial charge in [0.1, 0.15) is 17.6 Å². The summed E-state index contributed by atoms with van der Waals surface area (Å²) in [6.07, 6.45) is 0.858. The van der Waals surface area contributed by atoms with E-state index in [0.717, 1.165) is 27.8 Å². The summed E-state index contributed by atoms with van der Waals surface area (Å²) in [5.41, 5.74) is 4.31. The Balaban J connectivity index is 1.81. The van der Waals surface area contributed by atoms with Crippen molar-refractivity contribution < 1.29 is 14.3 Å². The number of aryl methyl sites for hydroxylation is 2. The van der Waals surface area contributed by atoms with Crippen molar-refractivity contribution in [2.45, 2.75) is 51.2 Å². The molecule has 0 amide bonds. The second kappa shape index (κ2) is 5.63. The molecule has 3 atom stereocenters. The van der Waals surface area contributed by atoms with Gasteiger partial charge in [0.05, 0.1) is 0 Å². The van der Waals surface area contributed by atoms with Gasteiger partial charge in [-0.15, -0.1) is 0 Å². The fraction of sp³-hybridized carbons (Fsp3) is 0.364. The number of benzene rings is 2. The van der Waals surface area contributed by atoms with Crippen LogP contribution in [-0.2, 0) is 14.3 Å². The second-order valence-corrected chi connectivity index (χ2v) is 7.47. The summed E-state index contributed by atoms with van der Waals surface area (Å²) >= 11 is 0. The fourth-order valence-corrected chi connectivity index (χ4v) is 4.34. The molecule has 128 valence electrons. The topological polar surface area (TPSA) is 43.4 Å². The summed E-state index contributed by atoms with van der Waals surface area (Å²) in [5, 5.41) is 0. The molecule has 2 aliphatic rings. The van der Waals surface area contributed by atoms with Crippen molar-refractivity contribution in [3.05, 3.63) is 59.2 Å². The van der Waals surface area contributed by atoms with Gasteiger partial charge in [0.25, 0.3) is 0 Å². The van der Waals surface area contributed by atoms with E-state index in [-0.39, 0.29) is 11.6 Å². The van der Waals surface area contributed by atoms with Gasteiger partial charge in [0, 0.05) is 0 Å². The minimum Gasteiger partial charge on any atom is -0.356 e. The summed E-state index contributed by atoms with van der Waals surface area (Å²) in [6.45, 7) is 5.82. The molecular weight excluding hydrogens is 312 g/mol. The highest BCUT2D eigenvalue weighted by atomic mass is 16.5. The molecule has 2 aliphatic heterocycles. The van der Waals surface area contributed by atoms with Crippen LogP contribution in [0.15, 0.2) is 42.5 Å². The zero-order chi connectivity index (χ0) is 17.8. The Hall–Kier alpha value is -2.26. The third kappa shape index (κ3) is 2.46. The Morgan fingerprint density at radius 3 is 2.28 bits per heavy atom. The van der Waals surface area contributed by atoms with Crippen LogP contribution in [0.5, 0.6) is 0 Å². The standard InChI is InChI=1S/C22H22O3/c1-13-11-16(15-7-5-4-6-8-15)12-14(2)18(13)19-20(23)17-9-10-22(3,25-17)21(19)24/h4-8,11-12,17,19H,9-10H2,1-3H3. The van der Waals surface area contributed by atoms with Crippen LogP contribution in [-0.4, -0.2) is 23.3 Å². The minimum atomic E-state index is -0.805. The van der Waals surface area contributed by atoms with Crippen molar-refractivity contribution in [3.63, 3.8) is 0 Å². The molecule has 0 radical (unpaired) electrons. The van der Waals surface area contributed by atoms with Gasteiger partial charge in [-0.25, -0.2) is 0 Å². The van der Waals surface area contributed by atoms with E-state index in [1.54, 1.807) is 0 Å². The summed E-state index contributed by atoms with van der Waals surface area (Å²) in [7, 11) is 0. The first-order valence-corrected chi connectivity index (χ1v) is 8.83. The van der Waals surface area contributed by atoms with E-state index in [9.17, 15) is 9.59 Å². The molecule has 3 heteroatoms. The molecule has 2 aromatic carbocycles. The first-order valence-electron chi connectivity index (χ1n) is 8.83. The van der Waals surface area contributed by atoms with Gasteiger partial charge in [-0.3, -0.25) is 9.59 Å². The molecule has 0 spiro atoms. The predicted molar refractivity (Wildman–Crippen MR) is 96.6 cm³/mol. The second-order valence-electron chi connectivity index (χ2n) is 7.47. The van der Waals surface area contributed by atoms with Gasteiger partial charge >= 0.3 is 0 Å². The highest BCUT2D eigenvalue weighted by Crippen LogP contribution is 2.44. The molecule has 25 heavy (non-hydrogen) atoms. The molecule has 2 aromatic rings. The van der Waals surface area contributed by atoms with Gasteiger partial charge in [-0.1, -0.05) is 42.5 Å². The SMILES string of the molecule is Cc1cc(-c2ccccc2)cc(C)c1C1C(=O)C2CCC(C)(O2)C1=O. The molecule has 0 saturated carbocycles. The summed E-state index contributed by atoms with van der Waals surface area (Å²) < 4.78 is 5.73. The average Bonchev–Trinajstić information content (AvgIpc) is 2.97. The smallest absolute Gasteiger partial charge is 0.179 e. The number of ketones is 2. The lowest BCUT2D eigenvalue weighted by Crippen LogP contribution is -2.49. The fourth-order valence-electron chi connectivity index (χ4n) is 4.34. The Bertz CT molecular complexity index is 845. The number of hydrogen-bond donors (Lipinski definition) is 0. The van der Waals surface area contributed by atoms with Crippen molar-refractivity contribution in [1.29, 1.82) is 0 Å². The normalized spacial score (nSPS) is 28.4. The molecule has 4 rings (SSSR count). The molecule has 0 N–H and O–H groups in total. The van der Waals surface area contributed by atoms with Crippen LogP contribution in [0.4, 0.5) is 0 Å². The maximum absolute atomic E-state index is 13.0. The van der Waals surface area contributed by atoms with Crippen LogP contribution >= 0.6 is 0 Å². The van der Waals surface area contributed by atoms with Gasteiger partial charge in [-0.2, -0.15) is 0 Å². The number of fused-ring (bicyclic) bond motifs is 2. The quantitative estimate of drug-likeness (QED) is 0.775. The lowest BCUT2D eigenvalue weighted by Gasteiger charge is -2.34. The van der Waals surface area contributed by atoms with Crippen LogP contribution in [0.2, 0.25) is 0 Å². The first kappa shape index (κ1) is 16.2. The number of hydrogen-bond acceptors (Lipinski definition) is 3. The number of carbonyl (C=O) groups is 2. The van der Waals surface area contributed by atoms with Gasteiger partial charge in [-0.05, 0) is 61.4 Å². The number of rotatable bonds is 2. The molecule has 3 nitrogen and oxygen atoms in total. The largest absolute Gasteiger partial charge is 0.356 e. The Labute approximate surface area is 148 Å². The lowest BCUT2D eigenvalue weighted by molar-refractivity contribution is -0.160. The lowest BCUT2D eigenvalue weighted by atomic mass is 9.77. The maximum atomic E-state index is 13.0. The maximum Gasteiger partial charge on any atom is 0.179 e. The third-order valence-electron chi connectivity index (χ3n) is 5.66. The number of carbonyl (C=O) groups excluding carboxylic acids is 2. The zero-order valence-electron chi connectivity index (χ0n) is 14.8. The van der Waals surface area contributed by atoms with Crippen molar-refractivity contribution in [2.24, 2.45) is 0 Å². The van der Waals surface area contributed by atoms with E-state index in [1.807, 2.05) is 39.0 Å². The van der Waals surface area contributed by atoms with Crippen molar-refractivity contribution >= 4 is 11.6 Å². The van der Waals surface area contributed by atoms with E-state index in [4.69, 9.17) is 4.74 Å². The van der Waals surface area contributed by atoms with Crippen LogP contribution in [0, 0.1) is 13.8 Å². The van der Waals surface area contributed by atoms with E-state index < -0.39 is 17.6 Å². The first-order chi connectivity index (χ1) is 11.9. The molecule has 2 fully saturated rings. The number of ether oxygens (including phenoxy) is 1. The summed E-state index contributed by atoms with van der Waals surface area (Å²) in [4.78, 5) is 25.9. The molecule has 2 heterocycles.